The first-order chi connectivity index (χ1) is 10.6. The van der Waals surface area contributed by atoms with Gasteiger partial charge in [0.15, 0.2) is 0 Å². The van der Waals surface area contributed by atoms with Crippen molar-refractivity contribution in [1.82, 2.24) is 5.32 Å². The topological polar surface area (TPSA) is 38.3 Å². The highest BCUT2D eigenvalue weighted by molar-refractivity contribution is 5.78. The van der Waals surface area contributed by atoms with Gasteiger partial charge in [0.05, 0.1) is 13.0 Å². The molecular formula is C19H23NO2. The summed E-state index contributed by atoms with van der Waals surface area (Å²) in [5.74, 6) is 1.34. The second kappa shape index (κ2) is 8.23. The van der Waals surface area contributed by atoms with Gasteiger partial charge >= 0.3 is 0 Å². The summed E-state index contributed by atoms with van der Waals surface area (Å²) in [6.07, 6.45) is 0.399. The number of amides is 1. The van der Waals surface area contributed by atoms with E-state index in [1.807, 2.05) is 54.6 Å². The van der Waals surface area contributed by atoms with Gasteiger partial charge in [-0.15, -0.1) is 0 Å². The van der Waals surface area contributed by atoms with E-state index < -0.39 is 0 Å². The molecule has 116 valence electrons. The molecule has 0 aliphatic heterocycles. The highest BCUT2D eigenvalue weighted by atomic mass is 16.5. The molecule has 0 fully saturated rings. The van der Waals surface area contributed by atoms with Crippen LogP contribution in [-0.2, 0) is 17.8 Å². The standard InChI is InChI=1S/C19H23NO2/c1-15(2)14-22-18-11-7-6-10-17(18)13-20-19(21)12-16-8-4-3-5-9-16/h3-11,15H,12-14H2,1-2H3,(H,20,21). The van der Waals surface area contributed by atoms with E-state index in [4.69, 9.17) is 4.74 Å². The highest BCUT2D eigenvalue weighted by Crippen LogP contribution is 2.18. The van der Waals surface area contributed by atoms with Gasteiger partial charge in [0.1, 0.15) is 5.75 Å². The van der Waals surface area contributed by atoms with Crippen LogP contribution in [0.2, 0.25) is 0 Å². The Morgan fingerprint density at radius 3 is 2.45 bits per heavy atom. The molecule has 0 spiro atoms. The summed E-state index contributed by atoms with van der Waals surface area (Å²) < 4.78 is 5.80. The second-order valence-corrected chi connectivity index (χ2v) is 5.75. The van der Waals surface area contributed by atoms with E-state index in [2.05, 4.69) is 19.2 Å². The molecule has 0 saturated heterocycles. The Hall–Kier alpha value is -2.29. The van der Waals surface area contributed by atoms with Crippen LogP contribution in [0.15, 0.2) is 54.6 Å². The number of carbonyl (C=O) groups is 1. The Morgan fingerprint density at radius 2 is 1.73 bits per heavy atom. The highest BCUT2D eigenvalue weighted by Gasteiger charge is 2.07. The first-order valence-electron chi connectivity index (χ1n) is 7.66. The van der Waals surface area contributed by atoms with E-state index in [1.54, 1.807) is 0 Å². The number of benzene rings is 2. The number of rotatable bonds is 7. The molecule has 3 nitrogen and oxygen atoms in total. The van der Waals surface area contributed by atoms with Gasteiger partial charge in [-0.25, -0.2) is 0 Å². The lowest BCUT2D eigenvalue weighted by Crippen LogP contribution is -2.24. The molecule has 0 bridgehead atoms. The van der Waals surface area contributed by atoms with E-state index >= 15 is 0 Å². The normalized spacial score (nSPS) is 10.5. The van der Waals surface area contributed by atoms with E-state index in [9.17, 15) is 4.79 Å². The minimum absolute atomic E-state index is 0.0184. The molecule has 22 heavy (non-hydrogen) atoms. The van der Waals surface area contributed by atoms with Crippen molar-refractivity contribution >= 4 is 5.91 Å². The fourth-order valence-electron chi connectivity index (χ4n) is 2.08. The van der Waals surface area contributed by atoms with Crippen molar-refractivity contribution in [3.8, 4) is 5.75 Å². The molecule has 0 aliphatic carbocycles. The summed E-state index contributed by atoms with van der Waals surface area (Å²) in [6, 6.07) is 17.6. The average molecular weight is 297 g/mol. The van der Waals surface area contributed by atoms with Gasteiger partial charge in [-0.2, -0.15) is 0 Å². The average Bonchev–Trinajstić information content (AvgIpc) is 2.52. The van der Waals surface area contributed by atoms with E-state index in [-0.39, 0.29) is 5.91 Å². The zero-order chi connectivity index (χ0) is 15.8. The van der Waals surface area contributed by atoms with Gasteiger partial charge in [0, 0.05) is 12.1 Å². The molecule has 2 aromatic carbocycles. The lowest BCUT2D eigenvalue weighted by atomic mass is 10.1. The quantitative estimate of drug-likeness (QED) is 0.848. The summed E-state index contributed by atoms with van der Waals surface area (Å²) >= 11 is 0. The van der Waals surface area contributed by atoms with Gasteiger partial charge in [0.25, 0.3) is 0 Å². The monoisotopic (exact) mass is 297 g/mol. The minimum atomic E-state index is 0.0184. The lowest BCUT2D eigenvalue weighted by molar-refractivity contribution is -0.120. The number of nitrogens with one attached hydrogen (secondary N) is 1. The molecule has 0 radical (unpaired) electrons. The number of carbonyl (C=O) groups excluding carboxylic acids is 1. The maximum atomic E-state index is 12.0. The van der Waals surface area contributed by atoms with Crippen LogP contribution in [0, 0.1) is 5.92 Å². The third-order valence-corrected chi connectivity index (χ3v) is 3.23. The second-order valence-electron chi connectivity index (χ2n) is 5.75. The summed E-state index contributed by atoms with van der Waals surface area (Å²) in [6.45, 7) is 5.39. The third kappa shape index (κ3) is 5.24. The molecule has 0 aromatic heterocycles. The Bertz CT molecular complexity index is 593. The van der Waals surface area contributed by atoms with Crippen molar-refractivity contribution in [2.75, 3.05) is 6.61 Å². The Morgan fingerprint density at radius 1 is 1.05 bits per heavy atom. The van der Waals surface area contributed by atoms with Crippen LogP contribution >= 0.6 is 0 Å². The van der Waals surface area contributed by atoms with Crippen LogP contribution in [0.4, 0.5) is 0 Å². The van der Waals surface area contributed by atoms with Crippen molar-refractivity contribution in [1.29, 1.82) is 0 Å². The molecular weight excluding hydrogens is 274 g/mol. The number of hydrogen-bond acceptors (Lipinski definition) is 2. The number of para-hydroxylation sites is 1. The van der Waals surface area contributed by atoms with E-state index in [0.29, 0.717) is 25.5 Å². The molecule has 0 saturated carbocycles. The molecule has 0 atom stereocenters. The molecule has 3 heteroatoms. The van der Waals surface area contributed by atoms with Crippen LogP contribution in [-0.4, -0.2) is 12.5 Å². The molecule has 2 rings (SSSR count). The van der Waals surface area contributed by atoms with Crippen molar-refractivity contribution in [3.05, 3.63) is 65.7 Å². The molecule has 1 amide bonds. The molecule has 0 heterocycles. The maximum absolute atomic E-state index is 12.0. The predicted octanol–water partition coefficient (Wildman–Crippen LogP) is 3.58. The summed E-state index contributed by atoms with van der Waals surface area (Å²) in [5.41, 5.74) is 2.02. The van der Waals surface area contributed by atoms with Gasteiger partial charge in [-0.3, -0.25) is 4.79 Å². The Labute approximate surface area is 132 Å². The van der Waals surface area contributed by atoms with Crippen molar-refractivity contribution < 1.29 is 9.53 Å². The fraction of sp³-hybridized carbons (Fsp3) is 0.316. The SMILES string of the molecule is CC(C)COc1ccccc1CNC(=O)Cc1ccccc1. The Kier molecular flexibility index (Phi) is 6.01. The summed E-state index contributed by atoms with van der Waals surface area (Å²) in [4.78, 5) is 12.0. The zero-order valence-corrected chi connectivity index (χ0v) is 13.2. The molecule has 0 aliphatic rings. The molecule has 2 aromatic rings. The van der Waals surface area contributed by atoms with Crippen LogP contribution in [0.5, 0.6) is 5.75 Å². The van der Waals surface area contributed by atoms with Gasteiger partial charge in [-0.05, 0) is 17.5 Å². The smallest absolute Gasteiger partial charge is 0.224 e. The van der Waals surface area contributed by atoms with Crippen molar-refractivity contribution in [3.63, 3.8) is 0 Å². The summed E-state index contributed by atoms with van der Waals surface area (Å²) in [5, 5.41) is 2.96. The van der Waals surface area contributed by atoms with Crippen LogP contribution in [0.25, 0.3) is 0 Å². The van der Waals surface area contributed by atoms with E-state index in [0.717, 1.165) is 16.9 Å². The molecule has 0 unspecified atom stereocenters. The van der Waals surface area contributed by atoms with Gasteiger partial charge in [-0.1, -0.05) is 62.4 Å². The van der Waals surface area contributed by atoms with Crippen LogP contribution < -0.4 is 10.1 Å². The maximum Gasteiger partial charge on any atom is 0.224 e. The van der Waals surface area contributed by atoms with Crippen LogP contribution in [0.1, 0.15) is 25.0 Å². The van der Waals surface area contributed by atoms with E-state index in [1.165, 1.54) is 0 Å². The summed E-state index contributed by atoms with van der Waals surface area (Å²) in [7, 11) is 0. The fourth-order valence-corrected chi connectivity index (χ4v) is 2.08. The van der Waals surface area contributed by atoms with Crippen LogP contribution in [0.3, 0.4) is 0 Å². The molecule has 1 N–H and O–H groups in total. The predicted molar refractivity (Wildman–Crippen MR) is 88.8 cm³/mol. The largest absolute Gasteiger partial charge is 0.493 e. The van der Waals surface area contributed by atoms with Gasteiger partial charge < -0.3 is 10.1 Å². The van der Waals surface area contributed by atoms with Crippen molar-refractivity contribution in [2.24, 2.45) is 5.92 Å². The van der Waals surface area contributed by atoms with Gasteiger partial charge in [0.2, 0.25) is 5.91 Å². The van der Waals surface area contributed by atoms with Crippen molar-refractivity contribution in [2.45, 2.75) is 26.8 Å². The first-order valence-corrected chi connectivity index (χ1v) is 7.66. The minimum Gasteiger partial charge on any atom is -0.493 e. The lowest BCUT2D eigenvalue weighted by Gasteiger charge is -2.13. The zero-order valence-electron chi connectivity index (χ0n) is 13.2. The number of hydrogen-bond donors (Lipinski definition) is 1. The number of ether oxygens (including phenoxy) is 1. The first kappa shape index (κ1) is 16.1. The third-order valence-electron chi connectivity index (χ3n) is 3.23. The Balaban J connectivity index is 1.89.